The van der Waals surface area contributed by atoms with E-state index in [0.29, 0.717) is 5.82 Å². The average Bonchev–Trinajstić information content (AvgIpc) is 2.66. The van der Waals surface area contributed by atoms with Gasteiger partial charge in [-0.3, -0.25) is 4.79 Å². The highest BCUT2D eigenvalue weighted by Gasteiger charge is 2.35. The molecule has 6 heteroatoms. The summed E-state index contributed by atoms with van der Waals surface area (Å²) in [4.78, 5) is 35.2. The Morgan fingerprint density at radius 2 is 1.79 bits per heavy atom. The second-order valence-corrected chi connectivity index (χ2v) is 8.37. The van der Waals surface area contributed by atoms with Gasteiger partial charge in [0.15, 0.2) is 0 Å². The van der Waals surface area contributed by atoms with Crippen LogP contribution in [0.3, 0.4) is 0 Å². The van der Waals surface area contributed by atoms with Gasteiger partial charge in [-0.1, -0.05) is 32.9 Å². The highest BCUT2D eigenvalue weighted by atomic mass is 16.4. The Morgan fingerprint density at radius 3 is 2.39 bits per heavy atom. The lowest BCUT2D eigenvalue weighted by atomic mass is 9.90. The summed E-state index contributed by atoms with van der Waals surface area (Å²) in [5, 5.41) is 9.09. The van der Waals surface area contributed by atoms with E-state index in [-0.39, 0.29) is 17.5 Å². The maximum absolute atomic E-state index is 13.0. The third-order valence-corrected chi connectivity index (χ3v) is 5.03. The fourth-order valence-corrected chi connectivity index (χ4v) is 3.61. The summed E-state index contributed by atoms with van der Waals surface area (Å²) in [5.74, 6) is -0.172. The van der Waals surface area contributed by atoms with Gasteiger partial charge in [0.25, 0.3) is 0 Å². The van der Waals surface area contributed by atoms with Crippen molar-refractivity contribution in [2.75, 3.05) is 6.54 Å². The van der Waals surface area contributed by atoms with Crippen LogP contribution in [0.2, 0.25) is 0 Å². The van der Waals surface area contributed by atoms with E-state index in [1.54, 1.807) is 24.3 Å². The number of hydrogen-bond acceptors (Lipinski definition) is 4. The summed E-state index contributed by atoms with van der Waals surface area (Å²) < 4.78 is 0. The van der Waals surface area contributed by atoms with Crippen molar-refractivity contribution in [3.8, 4) is 11.3 Å². The molecule has 2 heterocycles. The molecule has 0 bridgehead atoms. The lowest BCUT2D eigenvalue weighted by Gasteiger charge is -2.39. The fraction of sp³-hybridized carbons (Fsp3) is 0.455. The van der Waals surface area contributed by atoms with Gasteiger partial charge < -0.3 is 10.0 Å². The molecule has 2 aromatic rings. The predicted octanol–water partition coefficient (Wildman–Crippen LogP) is 4.25. The van der Waals surface area contributed by atoms with E-state index in [9.17, 15) is 9.59 Å². The van der Waals surface area contributed by atoms with Gasteiger partial charge in [-0.25, -0.2) is 14.8 Å². The van der Waals surface area contributed by atoms with E-state index < -0.39 is 11.4 Å². The number of aromatic nitrogens is 2. The molecule has 1 saturated heterocycles. The van der Waals surface area contributed by atoms with Gasteiger partial charge >= 0.3 is 5.97 Å². The number of likely N-dealkylation sites (tertiary alicyclic amines) is 1. The Morgan fingerprint density at radius 1 is 1.11 bits per heavy atom. The van der Waals surface area contributed by atoms with Crippen molar-refractivity contribution >= 4 is 11.9 Å². The van der Waals surface area contributed by atoms with Gasteiger partial charge in [0, 0.05) is 17.5 Å². The Hall–Kier alpha value is -2.76. The molecule has 1 amide bonds. The number of carboxylic acids is 1. The van der Waals surface area contributed by atoms with Crippen molar-refractivity contribution in [2.45, 2.75) is 53.0 Å². The van der Waals surface area contributed by atoms with Crippen molar-refractivity contribution in [3.63, 3.8) is 0 Å². The van der Waals surface area contributed by atoms with E-state index in [0.717, 1.165) is 42.8 Å². The van der Waals surface area contributed by atoms with Crippen LogP contribution in [0, 0.1) is 12.3 Å². The first kappa shape index (κ1) is 20.0. The van der Waals surface area contributed by atoms with Crippen molar-refractivity contribution < 1.29 is 14.7 Å². The van der Waals surface area contributed by atoms with Gasteiger partial charge in [0.2, 0.25) is 5.91 Å². The Kier molecular flexibility index (Phi) is 5.49. The second kappa shape index (κ2) is 7.70. The van der Waals surface area contributed by atoms with Crippen LogP contribution >= 0.6 is 0 Å². The number of hydrogen-bond donors (Lipinski definition) is 1. The summed E-state index contributed by atoms with van der Waals surface area (Å²) in [6, 6.07) is 8.54. The van der Waals surface area contributed by atoms with Crippen molar-refractivity contribution in [1.82, 2.24) is 14.9 Å². The zero-order valence-electron chi connectivity index (χ0n) is 16.9. The molecular formula is C22H27N3O3. The van der Waals surface area contributed by atoms with E-state index in [4.69, 9.17) is 5.11 Å². The van der Waals surface area contributed by atoms with E-state index in [1.807, 2.05) is 38.7 Å². The maximum Gasteiger partial charge on any atom is 0.335 e. The number of carboxylic acid groups (broad SMARTS) is 1. The molecule has 0 radical (unpaired) electrons. The quantitative estimate of drug-likeness (QED) is 0.859. The summed E-state index contributed by atoms with van der Waals surface area (Å²) in [5.41, 5.74) is 2.23. The van der Waals surface area contributed by atoms with E-state index >= 15 is 0 Å². The highest BCUT2D eigenvalue weighted by Crippen LogP contribution is 2.34. The predicted molar refractivity (Wildman–Crippen MR) is 107 cm³/mol. The van der Waals surface area contributed by atoms with Gasteiger partial charge in [0.1, 0.15) is 5.82 Å². The highest BCUT2D eigenvalue weighted by molar-refractivity contribution is 5.88. The van der Waals surface area contributed by atoms with Crippen LogP contribution in [0.1, 0.15) is 68.0 Å². The largest absolute Gasteiger partial charge is 0.478 e. The van der Waals surface area contributed by atoms with Crippen molar-refractivity contribution in [2.24, 2.45) is 5.41 Å². The number of carbonyl (C=O) groups is 2. The van der Waals surface area contributed by atoms with Crippen LogP contribution in [-0.4, -0.2) is 38.4 Å². The lowest BCUT2D eigenvalue weighted by molar-refractivity contribution is -0.143. The molecule has 0 saturated carbocycles. The summed E-state index contributed by atoms with van der Waals surface area (Å²) >= 11 is 0. The third kappa shape index (κ3) is 4.21. The molecule has 3 rings (SSSR count). The van der Waals surface area contributed by atoms with Gasteiger partial charge in [-0.15, -0.1) is 0 Å². The minimum Gasteiger partial charge on any atom is -0.478 e. The molecule has 1 aromatic heterocycles. The fourth-order valence-electron chi connectivity index (χ4n) is 3.61. The smallest absolute Gasteiger partial charge is 0.335 e. The Balaban J connectivity index is 1.97. The number of aromatic carboxylic acids is 1. The molecule has 0 spiro atoms. The topological polar surface area (TPSA) is 83.4 Å². The standard InChI is InChI=1S/C22H27N3O3/c1-14-23-17(15-8-10-16(11-9-15)20(26)27)13-18(24-14)19-7-5-6-12-25(19)21(28)22(2,3)4/h8-11,13,19H,5-7,12H2,1-4H3,(H,26,27)/t19-/m1/s1. The molecule has 28 heavy (non-hydrogen) atoms. The number of piperidine rings is 1. The van der Waals surface area contributed by atoms with Crippen molar-refractivity contribution in [3.05, 3.63) is 47.4 Å². The average molecular weight is 381 g/mol. The molecular weight excluding hydrogens is 354 g/mol. The summed E-state index contributed by atoms with van der Waals surface area (Å²) in [7, 11) is 0. The Labute approximate surface area is 165 Å². The Bertz CT molecular complexity index is 885. The van der Waals surface area contributed by atoms with E-state index in [1.165, 1.54) is 0 Å². The van der Waals surface area contributed by atoms with Gasteiger partial charge in [-0.2, -0.15) is 0 Å². The zero-order chi connectivity index (χ0) is 20.5. The van der Waals surface area contributed by atoms with Crippen LogP contribution in [0.5, 0.6) is 0 Å². The lowest BCUT2D eigenvalue weighted by Crippen LogP contribution is -2.44. The molecule has 6 nitrogen and oxygen atoms in total. The monoisotopic (exact) mass is 381 g/mol. The number of benzene rings is 1. The minimum absolute atomic E-state index is 0.0563. The van der Waals surface area contributed by atoms with Crippen LogP contribution in [0.25, 0.3) is 11.3 Å². The molecule has 1 aromatic carbocycles. The molecule has 0 aliphatic carbocycles. The van der Waals surface area contributed by atoms with Crippen molar-refractivity contribution in [1.29, 1.82) is 0 Å². The number of rotatable bonds is 3. The molecule has 1 N–H and O–H groups in total. The maximum atomic E-state index is 13.0. The van der Waals surface area contributed by atoms with Gasteiger partial charge in [0.05, 0.1) is 23.0 Å². The van der Waals surface area contributed by atoms with Gasteiger partial charge in [-0.05, 0) is 44.4 Å². The SMILES string of the molecule is Cc1nc(-c2ccc(C(=O)O)cc2)cc([C@H]2CCCCN2C(=O)C(C)(C)C)n1. The number of carbonyl (C=O) groups excluding carboxylic acids is 1. The normalized spacial score (nSPS) is 17.4. The molecule has 1 aliphatic heterocycles. The van der Waals surface area contributed by atoms with Crippen LogP contribution in [0.15, 0.2) is 30.3 Å². The summed E-state index contributed by atoms with van der Waals surface area (Å²) in [6.07, 6.45) is 2.95. The minimum atomic E-state index is -0.954. The number of aryl methyl sites for hydroxylation is 1. The number of amides is 1. The first-order valence-corrected chi connectivity index (χ1v) is 9.67. The second-order valence-electron chi connectivity index (χ2n) is 8.37. The zero-order valence-corrected chi connectivity index (χ0v) is 16.9. The first-order valence-electron chi connectivity index (χ1n) is 9.67. The van der Waals surface area contributed by atoms with E-state index in [2.05, 4.69) is 9.97 Å². The van der Waals surface area contributed by atoms with Crippen LogP contribution in [-0.2, 0) is 4.79 Å². The molecule has 0 unspecified atom stereocenters. The van der Waals surface area contributed by atoms with Crippen LogP contribution < -0.4 is 0 Å². The number of nitrogens with zero attached hydrogens (tertiary/aromatic N) is 3. The molecule has 148 valence electrons. The third-order valence-electron chi connectivity index (χ3n) is 5.03. The first-order chi connectivity index (χ1) is 13.2. The van der Waals surface area contributed by atoms with Crippen LogP contribution in [0.4, 0.5) is 0 Å². The summed E-state index contributed by atoms with van der Waals surface area (Å²) in [6.45, 7) is 8.43. The molecule has 1 atom stereocenters. The molecule has 1 aliphatic rings. The molecule has 1 fully saturated rings.